The minimum atomic E-state index is -0.811. The summed E-state index contributed by atoms with van der Waals surface area (Å²) in [5, 5.41) is 0. The van der Waals surface area contributed by atoms with Crippen molar-refractivity contribution >= 4 is 18.0 Å². The molecule has 0 aromatic heterocycles. The van der Waals surface area contributed by atoms with Gasteiger partial charge in [0.05, 0.1) is 20.8 Å². The van der Waals surface area contributed by atoms with Crippen LogP contribution in [0.5, 0.6) is 11.5 Å². The van der Waals surface area contributed by atoms with E-state index < -0.39 is 18.0 Å². The Labute approximate surface area is 122 Å². The highest BCUT2D eigenvalue weighted by Gasteiger charge is 2.29. The predicted octanol–water partition coefficient (Wildman–Crippen LogP) is 1.58. The van der Waals surface area contributed by atoms with Crippen LogP contribution in [-0.2, 0) is 19.1 Å². The largest absolute Gasteiger partial charge is 0.497 e. The maximum Gasteiger partial charge on any atom is 0.347 e. The standard InChI is InChI=1S/C15H16O6/c1-18-11-4-5-12(19-2)10(9-11)3-6-14(16)21-13-7-8-20-15(13)17/h3-6,9,13H,7-8H2,1-2H3/b6-3+. The SMILES string of the molecule is COc1ccc(OC)c(/C=C/C(=O)OC2CCOC2=O)c1. The molecule has 2 rings (SSSR count). The number of esters is 2. The van der Waals surface area contributed by atoms with Gasteiger partial charge in [-0.3, -0.25) is 0 Å². The molecule has 1 heterocycles. The molecule has 1 aliphatic rings. The van der Waals surface area contributed by atoms with Gasteiger partial charge in [0.15, 0.2) is 0 Å². The Morgan fingerprint density at radius 2 is 2.14 bits per heavy atom. The molecule has 6 nitrogen and oxygen atoms in total. The van der Waals surface area contributed by atoms with Crippen molar-refractivity contribution in [1.29, 1.82) is 0 Å². The van der Waals surface area contributed by atoms with E-state index in [1.807, 2.05) is 0 Å². The number of hydrogen-bond acceptors (Lipinski definition) is 6. The second kappa shape index (κ2) is 6.78. The van der Waals surface area contributed by atoms with Gasteiger partial charge >= 0.3 is 11.9 Å². The van der Waals surface area contributed by atoms with Crippen LogP contribution in [0.3, 0.4) is 0 Å². The lowest BCUT2D eigenvalue weighted by Crippen LogP contribution is -2.21. The molecule has 1 unspecified atom stereocenters. The lowest BCUT2D eigenvalue weighted by atomic mass is 10.1. The number of cyclic esters (lactones) is 1. The number of rotatable bonds is 5. The maximum atomic E-state index is 11.7. The topological polar surface area (TPSA) is 71.1 Å². The normalized spacial score (nSPS) is 17.6. The molecule has 6 heteroatoms. The zero-order chi connectivity index (χ0) is 15.2. The van der Waals surface area contributed by atoms with E-state index in [0.717, 1.165) is 0 Å². The van der Waals surface area contributed by atoms with E-state index in [1.54, 1.807) is 31.4 Å². The third-order valence-electron chi connectivity index (χ3n) is 2.98. The Morgan fingerprint density at radius 1 is 1.33 bits per heavy atom. The average Bonchev–Trinajstić information content (AvgIpc) is 2.90. The average molecular weight is 292 g/mol. The van der Waals surface area contributed by atoms with Crippen molar-refractivity contribution in [3.63, 3.8) is 0 Å². The van der Waals surface area contributed by atoms with Crippen molar-refractivity contribution in [2.24, 2.45) is 0 Å². The van der Waals surface area contributed by atoms with Gasteiger partial charge in [0, 0.05) is 18.1 Å². The fraction of sp³-hybridized carbons (Fsp3) is 0.333. The smallest absolute Gasteiger partial charge is 0.347 e. The van der Waals surface area contributed by atoms with Gasteiger partial charge in [0.1, 0.15) is 11.5 Å². The first-order valence-corrected chi connectivity index (χ1v) is 6.41. The summed E-state index contributed by atoms with van der Waals surface area (Å²) in [6.07, 6.45) is 2.36. The third kappa shape index (κ3) is 3.75. The van der Waals surface area contributed by atoms with Gasteiger partial charge in [-0.2, -0.15) is 0 Å². The van der Waals surface area contributed by atoms with Crippen LogP contribution in [-0.4, -0.2) is 38.9 Å². The molecule has 1 aromatic carbocycles. The minimum absolute atomic E-state index is 0.282. The van der Waals surface area contributed by atoms with Crippen molar-refractivity contribution in [3.8, 4) is 11.5 Å². The molecule has 112 valence electrons. The first kappa shape index (κ1) is 14.9. The second-order valence-corrected chi connectivity index (χ2v) is 4.32. The predicted molar refractivity (Wildman–Crippen MR) is 74.0 cm³/mol. The summed E-state index contributed by atoms with van der Waals surface area (Å²) in [7, 11) is 3.08. The van der Waals surface area contributed by atoms with Crippen molar-refractivity contribution in [3.05, 3.63) is 29.8 Å². The highest BCUT2D eigenvalue weighted by molar-refractivity contribution is 5.90. The summed E-state index contributed by atoms with van der Waals surface area (Å²) < 4.78 is 20.0. The van der Waals surface area contributed by atoms with Gasteiger partial charge in [-0.25, -0.2) is 9.59 Å². The van der Waals surface area contributed by atoms with Crippen LogP contribution in [0.1, 0.15) is 12.0 Å². The molecule has 0 bridgehead atoms. The number of methoxy groups -OCH3 is 2. The fourth-order valence-electron chi connectivity index (χ4n) is 1.89. The van der Waals surface area contributed by atoms with Gasteiger partial charge in [-0.05, 0) is 24.3 Å². The Kier molecular flexibility index (Phi) is 4.81. The Balaban J connectivity index is 2.05. The molecular weight excluding hydrogens is 276 g/mol. The Hall–Kier alpha value is -2.50. The van der Waals surface area contributed by atoms with Crippen LogP contribution < -0.4 is 9.47 Å². The molecule has 0 spiro atoms. The lowest BCUT2D eigenvalue weighted by molar-refractivity contribution is -0.156. The lowest BCUT2D eigenvalue weighted by Gasteiger charge is -2.08. The summed E-state index contributed by atoms with van der Waals surface area (Å²) in [5.74, 6) is 0.128. The zero-order valence-corrected chi connectivity index (χ0v) is 11.8. The number of carbonyl (C=O) groups excluding carboxylic acids is 2. The van der Waals surface area contributed by atoms with Crippen LogP contribution in [0.2, 0.25) is 0 Å². The molecule has 0 radical (unpaired) electrons. The monoisotopic (exact) mass is 292 g/mol. The first-order valence-electron chi connectivity index (χ1n) is 6.41. The summed E-state index contributed by atoms with van der Waals surface area (Å²) in [5.41, 5.74) is 0.669. The molecule has 21 heavy (non-hydrogen) atoms. The molecule has 1 saturated heterocycles. The van der Waals surface area contributed by atoms with Gasteiger partial charge in [0.2, 0.25) is 6.10 Å². The van der Waals surface area contributed by atoms with E-state index in [1.165, 1.54) is 13.2 Å². The highest BCUT2D eigenvalue weighted by atomic mass is 16.6. The second-order valence-electron chi connectivity index (χ2n) is 4.32. The van der Waals surface area contributed by atoms with Gasteiger partial charge < -0.3 is 18.9 Å². The Morgan fingerprint density at radius 3 is 2.76 bits per heavy atom. The molecule has 1 aliphatic heterocycles. The number of hydrogen-bond donors (Lipinski definition) is 0. The highest BCUT2D eigenvalue weighted by Crippen LogP contribution is 2.25. The van der Waals surface area contributed by atoms with E-state index >= 15 is 0 Å². The van der Waals surface area contributed by atoms with Crippen LogP contribution in [0.4, 0.5) is 0 Å². The molecule has 0 aliphatic carbocycles. The summed E-state index contributed by atoms with van der Waals surface area (Å²) >= 11 is 0. The molecule has 0 amide bonds. The van der Waals surface area contributed by atoms with Crippen LogP contribution >= 0.6 is 0 Å². The van der Waals surface area contributed by atoms with E-state index in [4.69, 9.17) is 18.9 Å². The molecule has 1 aromatic rings. The number of benzene rings is 1. The van der Waals surface area contributed by atoms with Gasteiger partial charge in [0.25, 0.3) is 0 Å². The molecular formula is C15H16O6. The van der Waals surface area contributed by atoms with Crippen molar-refractivity contribution in [1.82, 2.24) is 0 Å². The quantitative estimate of drug-likeness (QED) is 0.606. The first-order chi connectivity index (χ1) is 10.1. The minimum Gasteiger partial charge on any atom is -0.497 e. The summed E-state index contributed by atoms with van der Waals surface area (Å²) in [6, 6.07) is 5.22. The van der Waals surface area contributed by atoms with Crippen molar-refractivity contribution in [2.45, 2.75) is 12.5 Å². The van der Waals surface area contributed by atoms with Gasteiger partial charge in [-0.1, -0.05) is 0 Å². The number of carbonyl (C=O) groups is 2. The molecule has 1 fully saturated rings. The maximum absolute atomic E-state index is 11.7. The van der Waals surface area contributed by atoms with E-state index in [0.29, 0.717) is 23.5 Å². The number of ether oxygens (including phenoxy) is 4. The van der Waals surface area contributed by atoms with Crippen LogP contribution in [0.25, 0.3) is 6.08 Å². The van der Waals surface area contributed by atoms with Crippen molar-refractivity contribution < 1.29 is 28.5 Å². The fourth-order valence-corrected chi connectivity index (χ4v) is 1.89. The van der Waals surface area contributed by atoms with E-state index in [-0.39, 0.29) is 6.61 Å². The molecule has 0 N–H and O–H groups in total. The third-order valence-corrected chi connectivity index (χ3v) is 2.98. The van der Waals surface area contributed by atoms with Gasteiger partial charge in [-0.15, -0.1) is 0 Å². The summed E-state index contributed by atoms with van der Waals surface area (Å²) in [4.78, 5) is 22.9. The van der Waals surface area contributed by atoms with Crippen LogP contribution in [0.15, 0.2) is 24.3 Å². The molecule has 0 saturated carbocycles. The van der Waals surface area contributed by atoms with E-state index in [9.17, 15) is 9.59 Å². The molecule has 1 atom stereocenters. The zero-order valence-electron chi connectivity index (χ0n) is 11.8. The van der Waals surface area contributed by atoms with E-state index in [2.05, 4.69) is 0 Å². The van der Waals surface area contributed by atoms with Crippen LogP contribution in [0, 0.1) is 0 Å². The Bertz CT molecular complexity index is 563. The van der Waals surface area contributed by atoms with Crippen molar-refractivity contribution in [2.75, 3.05) is 20.8 Å². The summed E-state index contributed by atoms with van der Waals surface area (Å²) in [6.45, 7) is 0.282.